The molecule has 0 radical (unpaired) electrons. The third kappa shape index (κ3) is 1.74. The Hall–Kier alpha value is -2.02. The molecule has 84 valence electrons. The Morgan fingerprint density at radius 1 is 1.35 bits per heavy atom. The molecule has 1 aromatic carbocycles. The summed E-state index contributed by atoms with van der Waals surface area (Å²) in [5, 5.41) is 15.6. The van der Waals surface area contributed by atoms with Crippen molar-refractivity contribution in [3.05, 3.63) is 46.6 Å². The second-order valence-corrected chi connectivity index (χ2v) is 4.30. The molecule has 3 aromatic rings. The Morgan fingerprint density at radius 3 is 3.00 bits per heavy atom. The third-order valence-electron chi connectivity index (χ3n) is 2.28. The maximum atomic E-state index is 11.8. The van der Waals surface area contributed by atoms with Crippen molar-refractivity contribution in [1.82, 2.24) is 19.6 Å². The van der Waals surface area contributed by atoms with Crippen molar-refractivity contribution in [3.63, 3.8) is 0 Å². The molecule has 0 spiro atoms. The Kier molecular flexibility index (Phi) is 2.25. The highest BCUT2D eigenvalue weighted by Gasteiger charge is 2.12. The molecule has 17 heavy (non-hydrogen) atoms. The molecule has 0 saturated heterocycles. The van der Waals surface area contributed by atoms with E-state index in [9.17, 15) is 5.21 Å². The summed E-state index contributed by atoms with van der Waals surface area (Å²) in [5.41, 5.74) is 1.00. The first-order valence-electron chi connectivity index (χ1n) is 4.79. The van der Waals surface area contributed by atoms with E-state index in [1.807, 2.05) is 6.07 Å². The SMILES string of the molecule is [O-][n+]1nc(-n2ccnc2)nc2ccc(Br)cc21. The minimum Gasteiger partial charge on any atom is -0.594 e. The van der Waals surface area contributed by atoms with E-state index in [0.717, 1.165) is 4.47 Å². The standard InChI is InChI=1S/C10H6BrN5O/c11-7-1-2-8-9(5-7)16(17)14-10(13-8)15-4-3-12-6-15/h1-6H. The molecule has 0 bridgehead atoms. The van der Waals surface area contributed by atoms with Gasteiger partial charge in [-0.2, -0.15) is 0 Å². The highest BCUT2D eigenvalue weighted by molar-refractivity contribution is 9.10. The number of hydrogen-bond donors (Lipinski definition) is 0. The van der Waals surface area contributed by atoms with Crippen LogP contribution < -0.4 is 4.85 Å². The number of imidazole rings is 1. The van der Waals surface area contributed by atoms with Crippen LogP contribution in [0, 0.1) is 5.21 Å². The molecule has 6 nitrogen and oxygen atoms in total. The summed E-state index contributed by atoms with van der Waals surface area (Å²) in [5.74, 6) is 0.298. The van der Waals surface area contributed by atoms with Crippen LogP contribution in [-0.4, -0.2) is 19.6 Å². The summed E-state index contributed by atoms with van der Waals surface area (Å²) in [6.07, 6.45) is 4.82. The molecule has 0 aliphatic carbocycles. The molecule has 0 amide bonds. The van der Waals surface area contributed by atoms with Crippen LogP contribution in [0.15, 0.2) is 41.4 Å². The summed E-state index contributed by atoms with van der Waals surface area (Å²) in [4.78, 5) is 8.73. The molecule has 0 N–H and O–H groups in total. The molecule has 2 heterocycles. The molecule has 0 aliphatic rings. The average molecular weight is 292 g/mol. The lowest BCUT2D eigenvalue weighted by atomic mass is 10.3. The van der Waals surface area contributed by atoms with Crippen LogP contribution in [0.4, 0.5) is 0 Å². The summed E-state index contributed by atoms with van der Waals surface area (Å²) >= 11 is 3.30. The second-order valence-electron chi connectivity index (χ2n) is 3.39. The van der Waals surface area contributed by atoms with Crippen LogP contribution in [0.25, 0.3) is 17.0 Å². The van der Waals surface area contributed by atoms with Gasteiger partial charge in [0.05, 0.1) is 5.10 Å². The highest BCUT2D eigenvalue weighted by Crippen LogP contribution is 2.15. The van der Waals surface area contributed by atoms with Gasteiger partial charge in [0.15, 0.2) is 0 Å². The van der Waals surface area contributed by atoms with Crippen molar-refractivity contribution >= 4 is 27.0 Å². The van der Waals surface area contributed by atoms with Gasteiger partial charge in [-0.15, -0.1) is 0 Å². The van der Waals surface area contributed by atoms with Gasteiger partial charge < -0.3 is 5.21 Å². The van der Waals surface area contributed by atoms with Gasteiger partial charge in [-0.25, -0.2) is 9.97 Å². The normalized spacial score (nSPS) is 10.9. The lowest BCUT2D eigenvalue weighted by Crippen LogP contribution is -2.34. The Balaban J connectivity index is 2.28. The zero-order valence-electron chi connectivity index (χ0n) is 8.49. The van der Waals surface area contributed by atoms with Crippen LogP contribution in [0.2, 0.25) is 0 Å². The van der Waals surface area contributed by atoms with Crippen molar-refractivity contribution < 1.29 is 4.85 Å². The molecule has 0 atom stereocenters. The smallest absolute Gasteiger partial charge is 0.302 e. The van der Waals surface area contributed by atoms with E-state index in [-0.39, 0.29) is 0 Å². The molecular weight excluding hydrogens is 286 g/mol. The van der Waals surface area contributed by atoms with E-state index in [1.165, 1.54) is 0 Å². The van der Waals surface area contributed by atoms with Crippen molar-refractivity contribution in [3.8, 4) is 5.95 Å². The number of benzene rings is 1. The van der Waals surface area contributed by atoms with Gasteiger partial charge in [0, 0.05) is 22.9 Å². The average Bonchev–Trinajstić information content (AvgIpc) is 2.83. The van der Waals surface area contributed by atoms with Crippen molar-refractivity contribution in [2.75, 3.05) is 0 Å². The lowest BCUT2D eigenvalue weighted by molar-refractivity contribution is -0.642. The maximum absolute atomic E-state index is 11.8. The molecule has 0 unspecified atom stereocenters. The zero-order chi connectivity index (χ0) is 11.8. The Morgan fingerprint density at radius 2 is 2.24 bits per heavy atom. The first kappa shape index (κ1) is 10.2. The highest BCUT2D eigenvalue weighted by atomic mass is 79.9. The number of rotatable bonds is 1. The van der Waals surface area contributed by atoms with Crippen LogP contribution in [0.1, 0.15) is 0 Å². The number of fused-ring (bicyclic) bond motifs is 1. The van der Waals surface area contributed by atoms with Gasteiger partial charge in [0.25, 0.3) is 5.52 Å². The molecule has 3 rings (SSSR count). The molecule has 0 saturated carbocycles. The van der Waals surface area contributed by atoms with Gasteiger partial charge in [0.2, 0.25) is 0 Å². The van der Waals surface area contributed by atoms with Crippen LogP contribution in [0.3, 0.4) is 0 Å². The van der Waals surface area contributed by atoms with Crippen LogP contribution in [-0.2, 0) is 0 Å². The van der Waals surface area contributed by atoms with E-state index in [2.05, 4.69) is 31.0 Å². The van der Waals surface area contributed by atoms with Gasteiger partial charge in [0.1, 0.15) is 11.8 Å². The quantitative estimate of drug-likeness (QED) is 0.499. The van der Waals surface area contributed by atoms with Crippen molar-refractivity contribution in [2.45, 2.75) is 0 Å². The number of hydrogen-bond acceptors (Lipinski definition) is 4. The monoisotopic (exact) mass is 291 g/mol. The lowest BCUT2D eigenvalue weighted by Gasteiger charge is -2.02. The number of aromatic nitrogens is 5. The number of nitrogens with zero attached hydrogens (tertiary/aromatic N) is 5. The van der Waals surface area contributed by atoms with Gasteiger partial charge in [-0.1, -0.05) is 15.9 Å². The molecule has 7 heteroatoms. The summed E-state index contributed by atoms with van der Waals surface area (Å²) in [7, 11) is 0. The minimum atomic E-state index is 0.298. The third-order valence-corrected chi connectivity index (χ3v) is 2.77. The Labute approximate surface area is 104 Å². The summed E-state index contributed by atoms with van der Waals surface area (Å²) < 4.78 is 2.39. The van der Waals surface area contributed by atoms with E-state index in [1.54, 1.807) is 35.4 Å². The first-order chi connectivity index (χ1) is 8.24. The van der Waals surface area contributed by atoms with E-state index < -0.39 is 0 Å². The maximum Gasteiger partial charge on any atom is 0.302 e. The number of halogens is 1. The van der Waals surface area contributed by atoms with Gasteiger partial charge in [-0.3, -0.25) is 4.57 Å². The van der Waals surface area contributed by atoms with Crippen LogP contribution >= 0.6 is 15.9 Å². The summed E-state index contributed by atoms with van der Waals surface area (Å²) in [6, 6.07) is 5.27. The fourth-order valence-electron chi connectivity index (χ4n) is 1.50. The van der Waals surface area contributed by atoms with Gasteiger partial charge >= 0.3 is 5.95 Å². The fraction of sp³-hybridized carbons (Fsp3) is 0. The predicted octanol–water partition coefficient (Wildman–Crippen LogP) is 1.21. The van der Waals surface area contributed by atoms with Gasteiger partial charge in [-0.05, 0) is 17.0 Å². The largest absolute Gasteiger partial charge is 0.594 e. The van der Waals surface area contributed by atoms with Crippen molar-refractivity contribution in [2.24, 2.45) is 0 Å². The second kappa shape index (κ2) is 3.77. The van der Waals surface area contributed by atoms with E-state index >= 15 is 0 Å². The zero-order valence-corrected chi connectivity index (χ0v) is 10.1. The van der Waals surface area contributed by atoms with Crippen molar-refractivity contribution in [1.29, 1.82) is 0 Å². The topological polar surface area (TPSA) is 70.5 Å². The first-order valence-corrected chi connectivity index (χ1v) is 5.59. The van der Waals surface area contributed by atoms with E-state index in [4.69, 9.17) is 0 Å². The minimum absolute atomic E-state index is 0.298. The summed E-state index contributed by atoms with van der Waals surface area (Å²) in [6.45, 7) is 0. The fourth-order valence-corrected chi connectivity index (χ4v) is 1.85. The van der Waals surface area contributed by atoms with E-state index in [0.29, 0.717) is 21.8 Å². The Bertz CT molecular complexity index is 682. The predicted molar refractivity (Wildman–Crippen MR) is 63.3 cm³/mol. The molecular formula is C10H6BrN5O. The molecule has 0 fully saturated rings. The molecule has 2 aromatic heterocycles. The molecule has 0 aliphatic heterocycles. The van der Waals surface area contributed by atoms with Crippen LogP contribution in [0.5, 0.6) is 0 Å².